The van der Waals surface area contributed by atoms with Crippen molar-refractivity contribution in [2.24, 2.45) is 11.7 Å². The topological polar surface area (TPSA) is 42.2 Å². The van der Waals surface area contributed by atoms with Gasteiger partial charge in [-0.2, -0.15) is 0 Å². The van der Waals surface area contributed by atoms with Gasteiger partial charge in [0.15, 0.2) is 0 Å². The van der Waals surface area contributed by atoms with E-state index in [-0.39, 0.29) is 0 Å². The highest BCUT2D eigenvalue weighted by atomic mass is 15.2. The second-order valence-corrected chi connectivity index (χ2v) is 4.30. The van der Waals surface area contributed by atoms with Crippen molar-refractivity contribution in [3.05, 3.63) is 23.9 Å². The molecule has 0 radical (unpaired) electrons. The van der Waals surface area contributed by atoms with Gasteiger partial charge in [-0.05, 0) is 30.5 Å². The predicted octanol–water partition coefficient (Wildman–Crippen LogP) is 1.67. The van der Waals surface area contributed by atoms with Crippen LogP contribution in [0.15, 0.2) is 18.3 Å². The summed E-state index contributed by atoms with van der Waals surface area (Å²) < 4.78 is 0. The lowest BCUT2D eigenvalue weighted by Gasteiger charge is -2.22. The van der Waals surface area contributed by atoms with Gasteiger partial charge in [0.2, 0.25) is 0 Å². The third-order valence-electron chi connectivity index (χ3n) is 2.28. The third kappa shape index (κ3) is 3.51. The summed E-state index contributed by atoms with van der Waals surface area (Å²) in [5.74, 6) is 1.71. The molecule has 84 valence electrons. The highest BCUT2D eigenvalue weighted by molar-refractivity contribution is 5.46. The second kappa shape index (κ2) is 5.71. The van der Waals surface area contributed by atoms with Crippen molar-refractivity contribution < 1.29 is 0 Å². The van der Waals surface area contributed by atoms with Gasteiger partial charge < -0.3 is 10.6 Å². The summed E-state index contributed by atoms with van der Waals surface area (Å²) in [5, 5.41) is 0. The van der Waals surface area contributed by atoms with Crippen LogP contribution in [0.25, 0.3) is 0 Å². The molecule has 15 heavy (non-hydrogen) atoms. The van der Waals surface area contributed by atoms with E-state index in [0.29, 0.717) is 12.5 Å². The summed E-state index contributed by atoms with van der Waals surface area (Å²) >= 11 is 0. The molecule has 0 fully saturated rings. The van der Waals surface area contributed by atoms with Crippen molar-refractivity contribution in [3.8, 4) is 0 Å². The van der Waals surface area contributed by atoms with E-state index in [1.165, 1.54) is 5.56 Å². The molecular formula is C12H21N3. The molecule has 0 bridgehead atoms. The normalized spacial score (nSPS) is 10.7. The van der Waals surface area contributed by atoms with Gasteiger partial charge >= 0.3 is 0 Å². The molecule has 1 heterocycles. The molecule has 0 saturated heterocycles. The first-order valence-electron chi connectivity index (χ1n) is 5.50. The van der Waals surface area contributed by atoms with Gasteiger partial charge in [-0.25, -0.2) is 4.98 Å². The second-order valence-electron chi connectivity index (χ2n) is 4.30. The number of nitrogens with zero attached hydrogens (tertiary/aromatic N) is 2. The molecule has 3 heteroatoms. The number of rotatable bonds is 5. The Morgan fingerprint density at radius 2 is 2.20 bits per heavy atom. The van der Waals surface area contributed by atoms with Gasteiger partial charge in [0.05, 0.1) is 0 Å². The Hall–Kier alpha value is -1.09. The van der Waals surface area contributed by atoms with Crippen LogP contribution in [0.4, 0.5) is 5.82 Å². The predicted molar refractivity (Wildman–Crippen MR) is 65.1 cm³/mol. The molecule has 0 atom stereocenters. The highest BCUT2D eigenvalue weighted by Crippen LogP contribution is 2.16. The van der Waals surface area contributed by atoms with E-state index < -0.39 is 0 Å². The quantitative estimate of drug-likeness (QED) is 0.798. The fraction of sp³-hybridized carbons (Fsp3) is 0.583. The van der Waals surface area contributed by atoms with Crippen LogP contribution in [-0.4, -0.2) is 25.1 Å². The molecule has 2 N–H and O–H groups in total. The molecule has 1 rings (SSSR count). The minimum Gasteiger partial charge on any atom is -0.359 e. The Labute approximate surface area is 92.3 Å². The summed E-state index contributed by atoms with van der Waals surface area (Å²) in [6.45, 7) is 6.12. The summed E-state index contributed by atoms with van der Waals surface area (Å²) in [6.07, 6.45) is 2.73. The van der Waals surface area contributed by atoms with Gasteiger partial charge in [-0.15, -0.1) is 0 Å². The van der Waals surface area contributed by atoms with E-state index in [1.54, 1.807) is 0 Å². The lowest BCUT2D eigenvalue weighted by molar-refractivity contribution is 0.633. The van der Waals surface area contributed by atoms with Crippen LogP contribution in [0.2, 0.25) is 0 Å². The largest absolute Gasteiger partial charge is 0.359 e. The maximum Gasteiger partial charge on any atom is 0.131 e. The van der Waals surface area contributed by atoms with E-state index in [4.69, 9.17) is 5.73 Å². The standard InChI is InChI=1S/C12H21N3/c1-10(2)9-15(3)12-11(6-7-13)5-4-8-14-12/h4-5,8,10H,6-7,9,13H2,1-3H3. The highest BCUT2D eigenvalue weighted by Gasteiger charge is 2.08. The fourth-order valence-corrected chi connectivity index (χ4v) is 1.76. The minimum atomic E-state index is 0.641. The summed E-state index contributed by atoms with van der Waals surface area (Å²) in [4.78, 5) is 6.62. The Morgan fingerprint density at radius 3 is 2.80 bits per heavy atom. The van der Waals surface area contributed by atoms with Crippen LogP contribution in [0.1, 0.15) is 19.4 Å². The first-order valence-corrected chi connectivity index (χ1v) is 5.50. The van der Waals surface area contributed by atoms with E-state index in [1.807, 2.05) is 12.3 Å². The molecule has 0 aliphatic rings. The van der Waals surface area contributed by atoms with Crippen LogP contribution in [-0.2, 0) is 6.42 Å². The van der Waals surface area contributed by atoms with Gasteiger partial charge in [-0.3, -0.25) is 0 Å². The molecule has 0 aliphatic carbocycles. The van der Waals surface area contributed by atoms with E-state index in [2.05, 4.69) is 36.8 Å². The zero-order valence-corrected chi connectivity index (χ0v) is 9.90. The van der Waals surface area contributed by atoms with Crippen molar-refractivity contribution in [2.45, 2.75) is 20.3 Å². The van der Waals surface area contributed by atoms with Crippen LogP contribution < -0.4 is 10.6 Å². The Kier molecular flexibility index (Phi) is 4.56. The minimum absolute atomic E-state index is 0.641. The van der Waals surface area contributed by atoms with Gasteiger partial charge in [0, 0.05) is 19.8 Å². The van der Waals surface area contributed by atoms with Gasteiger partial charge in [0.25, 0.3) is 0 Å². The van der Waals surface area contributed by atoms with Crippen molar-refractivity contribution >= 4 is 5.82 Å². The molecule has 0 spiro atoms. The van der Waals surface area contributed by atoms with Crippen LogP contribution in [0.3, 0.4) is 0 Å². The van der Waals surface area contributed by atoms with E-state index in [0.717, 1.165) is 18.8 Å². The molecule has 1 aromatic heterocycles. The van der Waals surface area contributed by atoms with Crippen LogP contribution in [0.5, 0.6) is 0 Å². The maximum absolute atomic E-state index is 5.58. The Balaban J connectivity index is 2.81. The molecular weight excluding hydrogens is 186 g/mol. The van der Waals surface area contributed by atoms with Gasteiger partial charge in [-0.1, -0.05) is 19.9 Å². The first kappa shape index (κ1) is 12.0. The fourth-order valence-electron chi connectivity index (χ4n) is 1.76. The maximum atomic E-state index is 5.58. The van der Waals surface area contributed by atoms with Crippen LogP contribution >= 0.6 is 0 Å². The molecule has 1 aromatic rings. The monoisotopic (exact) mass is 207 g/mol. The third-order valence-corrected chi connectivity index (χ3v) is 2.28. The SMILES string of the molecule is CC(C)CN(C)c1ncccc1CCN. The van der Waals surface area contributed by atoms with Crippen molar-refractivity contribution in [3.63, 3.8) is 0 Å². The van der Waals surface area contributed by atoms with Crippen molar-refractivity contribution in [2.75, 3.05) is 25.0 Å². The number of pyridine rings is 1. The first-order chi connectivity index (χ1) is 7.15. The zero-order valence-electron chi connectivity index (χ0n) is 9.90. The average molecular weight is 207 g/mol. The molecule has 3 nitrogen and oxygen atoms in total. The number of anilines is 1. The van der Waals surface area contributed by atoms with E-state index >= 15 is 0 Å². The zero-order chi connectivity index (χ0) is 11.3. The molecule has 0 saturated carbocycles. The number of aromatic nitrogens is 1. The van der Waals surface area contributed by atoms with E-state index in [9.17, 15) is 0 Å². The lowest BCUT2D eigenvalue weighted by Crippen LogP contribution is -2.25. The molecule has 0 aromatic carbocycles. The molecule has 0 unspecified atom stereocenters. The Bertz CT molecular complexity index is 297. The number of hydrogen-bond acceptors (Lipinski definition) is 3. The lowest BCUT2D eigenvalue weighted by atomic mass is 10.1. The summed E-state index contributed by atoms with van der Waals surface area (Å²) in [7, 11) is 2.09. The van der Waals surface area contributed by atoms with Crippen molar-refractivity contribution in [1.82, 2.24) is 4.98 Å². The Morgan fingerprint density at radius 1 is 1.47 bits per heavy atom. The average Bonchev–Trinajstić information content (AvgIpc) is 2.18. The summed E-state index contributed by atoms with van der Waals surface area (Å²) in [6, 6.07) is 4.07. The molecule has 0 aliphatic heterocycles. The van der Waals surface area contributed by atoms with Crippen molar-refractivity contribution in [1.29, 1.82) is 0 Å². The number of nitrogens with two attached hydrogens (primary N) is 1. The van der Waals surface area contributed by atoms with Crippen LogP contribution in [0, 0.1) is 5.92 Å². The summed E-state index contributed by atoms with van der Waals surface area (Å²) in [5.41, 5.74) is 6.82. The van der Waals surface area contributed by atoms with Gasteiger partial charge in [0.1, 0.15) is 5.82 Å². The number of hydrogen-bond donors (Lipinski definition) is 1. The molecule has 0 amide bonds. The smallest absolute Gasteiger partial charge is 0.131 e.